The van der Waals surface area contributed by atoms with E-state index in [1.807, 2.05) is 0 Å². The van der Waals surface area contributed by atoms with Gasteiger partial charge in [0.05, 0.1) is 50.5 Å². The van der Waals surface area contributed by atoms with Gasteiger partial charge in [0.1, 0.15) is 5.78 Å². The number of Topliss-reactive ketones (excluding diaryl/α,β-unsaturated/α-hetero) is 1. The number of ether oxygens (including phenoxy) is 4. The summed E-state index contributed by atoms with van der Waals surface area (Å²) in [6.07, 6.45) is -0.212. The van der Waals surface area contributed by atoms with E-state index in [4.69, 9.17) is 18.9 Å². The van der Waals surface area contributed by atoms with Gasteiger partial charge in [-0.25, -0.2) is 0 Å². The normalized spacial score (nSPS) is 39.7. The number of hydrogen-bond donors (Lipinski definition) is 2. The standard InChI is InChI=1S/C21H32O7S3/c22-17-13(18(23)15-11-29-7-1-20(15)25-3-4-26-20)9-31-10-14(17)19(24)16-12-30-8-2-21(16)27-5-6-28-21/h13-16,18-19,23-24H,1-12H2/t13-,14-,15-,16?,18+,19?/m0/s1. The van der Waals surface area contributed by atoms with Crippen molar-refractivity contribution in [1.82, 2.24) is 0 Å². The molecular formula is C21H32O7S3. The third kappa shape index (κ3) is 4.23. The Bertz CT molecular complexity index is 601. The fraction of sp³-hybridized carbons (Fsp3) is 0.952. The second kappa shape index (κ2) is 9.62. The van der Waals surface area contributed by atoms with Crippen molar-refractivity contribution in [3.63, 3.8) is 0 Å². The summed E-state index contributed by atoms with van der Waals surface area (Å²) in [6.45, 7) is 2.13. The first-order chi connectivity index (χ1) is 15.1. The van der Waals surface area contributed by atoms with Crippen LogP contribution < -0.4 is 0 Å². The van der Waals surface area contributed by atoms with Gasteiger partial charge in [-0.05, 0) is 11.5 Å². The van der Waals surface area contributed by atoms with Crippen molar-refractivity contribution in [3.8, 4) is 0 Å². The zero-order chi connectivity index (χ0) is 21.5. The van der Waals surface area contributed by atoms with Gasteiger partial charge in [0.15, 0.2) is 11.6 Å². The summed E-state index contributed by atoms with van der Waals surface area (Å²) in [4.78, 5) is 13.6. The van der Waals surface area contributed by atoms with Crippen molar-refractivity contribution >= 4 is 41.1 Å². The summed E-state index contributed by atoms with van der Waals surface area (Å²) in [7, 11) is 0. The van der Waals surface area contributed by atoms with Gasteiger partial charge in [0.2, 0.25) is 0 Å². The van der Waals surface area contributed by atoms with Crippen molar-refractivity contribution in [2.75, 3.05) is 60.9 Å². The molecule has 0 aromatic rings. The molecule has 0 aliphatic carbocycles. The molecule has 31 heavy (non-hydrogen) atoms. The van der Waals surface area contributed by atoms with Crippen molar-refractivity contribution in [1.29, 1.82) is 0 Å². The second-order valence-corrected chi connectivity index (χ2v) is 12.4. The molecule has 2 N–H and O–H groups in total. The van der Waals surface area contributed by atoms with E-state index in [2.05, 4.69) is 0 Å². The van der Waals surface area contributed by atoms with E-state index in [1.165, 1.54) is 0 Å². The lowest BCUT2D eigenvalue weighted by molar-refractivity contribution is -0.221. The van der Waals surface area contributed by atoms with Crippen molar-refractivity contribution in [2.45, 2.75) is 36.6 Å². The second-order valence-electron chi connectivity index (χ2n) is 9.01. The number of carbonyl (C=O) groups excluding carboxylic acids is 1. The number of thioether (sulfide) groups is 3. The smallest absolute Gasteiger partial charge is 0.175 e. The Morgan fingerprint density at radius 1 is 0.710 bits per heavy atom. The Kier molecular flexibility index (Phi) is 7.21. The molecule has 5 saturated heterocycles. The molecule has 0 aromatic carbocycles. The molecular weight excluding hydrogens is 460 g/mol. The van der Waals surface area contributed by atoms with Gasteiger partial charge in [-0.2, -0.15) is 35.3 Å². The van der Waals surface area contributed by atoms with Crippen molar-refractivity contribution in [3.05, 3.63) is 0 Å². The third-order valence-electron chi connectivity index (χ3n) is 7.44. The predicted molar refractivity (Wildman–Crippen MR) is 121 cm³/mol. The van der Waals surface area contributed by atoms with Crippen LogP contribution in [0.15, 0.2) is 0 Å². The zero-order valence-corrected chi connectivity index (χ0v) is 20.1. The first-order valence-electron chi connectivity index (χ1n) is 11.3. The van der Waals surface area contributed by atoms with Crippen LogP contribution in [0.25, 0.3) is 0 Å². The molecule has 2 unspecified atom stereocenters. The highest BCUT2D eigenvalue weighted by atomic mass is 32.2. The minimum Gasteiger partial charge on any atom is -0.392 e. The minimum atomic E-state index is -0.838. The fourth-order valence-corrected chi connectivity index (χ4v) is 9.67. The summed E-state index contributed by atoms with van der Waals surface area (Å²) in [5, 5.41) is 22.7. The van der Waals surface area contributed by atoms with Gasteiger partial charge < -0.3 is 29.2 Å². The van der Waals surface area contributed by atoms with Gasteiger partial charge in [0, 0.05) is 47.7 Å². The summed E-state index contributed by atoms with van der Waals surface area (Å²) < 4.78 is 23.9. The first-order valence-corrected chi connectivity index (χ1v) is 14.7. The zero-order valence-electron chi connectivity index (χ0n) is 17.6. The molecule has 0 aromatic heterocycles. The predicted octanol–water partition coefficient (Wildman–Crippen LogP) is 1.25. The summed E-state index contributed by atoms with van der Waals surface area (Å²) in [5.74, 6) is 1.33. The summed E-state index contributed by atoms with van der Waals surface area (Å²) in [5.41, 5.74) is 0. The molecule has 0 radical (unpaired) electrons. The lowest BCUT2D eigenvalue weighted by Gasteiger charge is -2.46. The van der Waals surface area contributed by atoms with Crippen LogP contribution in [0.1, 0.15) is 12.8 Å². The molecule has 0 amide bonds. The lowest BCUT2D eigenvalue weighted by atomic mass is 9.76. The number of aliphatic hydroxyl groups is 2. The number of aliphatic hydroxyl groups excluding tert-OH is 2. The average Bonchev–Trinajstić information content (AvgIpc) is 3.44. The first kappa shape index (κ1) is 23.2. The van der Waals surface area contributed by atoms with E-state index in [1.54, 1.807) is 35.3 Å². The molecule has 5 rings (SSSR count). The maximum Gasteiger partial charge on any atom is 0.175 e. The molecule has 6 atom stereocenters. The van der Waals surface area contributed by atoms with Gasteiger partial charge in [-0.3, -0.25) is 4.79 Å². The van der Waals surface area contributed by atoms with E-state index in [0.29, 0.717) is 49.4 Å². The Morgan fingerprint density at radius 3 is 1.55 bits per heavy atom. The minimum absolute atomic E-state index is 0.0359. The molecule has 2 spiro atoms. The number of hydrogen-bond acceptors (Lipinski definition) is 10. The molecule has 5 heterocycles. The van der Waals surface area contributed by atoms with Crippen LogP contribution in [-0.4, -0.2) is 101 Å². The third-order valence-corrected chi connectivity index (χ3v) is 10.8. The Labute approximate surface area is 196 Å². The van der Waals surface area contributed by atoms with Crippen LogP contribution in [0, 0.1) is 23.7 Å². The van der Waals surface area contributed by atoms with Crippen LogP contribution in [0.3, 0.4) is 0 Å². The van der Waals surface area contributed by atoms with Gasteiger partial charge in [-0.1, -0.05) is 0 Å². The largest absolute Gasteiger partial charge is 0.392 e. The molecule has 5 fully saturated rings. The van der Waals surface area contributed by atoms with Crippen LogP contribution in [-0.2, 0) is 23.7 Å². The number of carbonyl (C=O) groups is 1. The highest BCUT2D eigenvalue weighted by Crippen LogP contribution is 2.46. The van der Waals surface area contributed by atoms with Crippen LogP contribution in [0.5, 0.6) is 0 Å². The molecule has 5 aliphatic rings. The monoisotopic (exact) mass is 492 g/mol. The molecule has 7 nitrogen and oxygen atoms in total. The van der Waals surface area contributed by atoms with E-state index in [0.717, 1.165) is 24.3 Å². The number of rotatable bonds is 4. The van der Waals surface area contributed by atoms with Gasteiger partial charge >= 0.3 is 0 Å². The van der Waals surface area contributed by atoms with Gasteiger partial charge in [-0.15, -0.1) is 0 Å². The Morgan fingerprint density at radius 2 is 1.13 bits per heavy atom. The fourth-order valence-electron chi connectivity index (χ4n) is 5.71. The van der Waals surface area contributed by atoms with Crippen LogP contribution in [0.2, 0.25) is 0 Å². The van der Waals surface area contributed by atoms with E-state index in [9.17, 15) is 15.0 Å². The maximum absolute atomic E-state index is 13.6. The Balaban J connectivity index is 1.32. The van der Waals surface area contributed by atoms with E-state index < -0.39 is 35.6 Å². The van der Waals surface area contributed by atoms with Gasteiger partial charge in [0.25, 0.3) is 0 Å². The van der Waals surface area contributed by atoms with Crippen molar-refractivity contribution < 1.29 is 34.0 Å². The highest BCUT2D eigenvalue weighted by Gasteiger charge is 2.56. The summed E-state index contributed by atoms with van der Waals surface area (Å²) >= 11 is 5.20. The maximum atomic E-state index is 13.6. The Hall–Kier alpha value is 0.480. The lowest BCUT2D eigenvalue weighted by Crippen LogP contribution is -2.57. The topological polar surface area (TPSA) is 94.5 Å². The van der Waals surface area contributed by atoms with E-state index in [-0.39, 0.29) is 17.6 Å². The molecule has 5 aliphatic heterocycles. The molecule has 10 heteroatoms. The SMILES string of the molecule is O=C1[C@@H](C(O)C2CSCCC23OCCO3)CSC[C@@H]1[C@@H](O)[C@@H]1CSCCC12OCCO2. The number of ketones is 1. The average molecular weight is 493 g/mol. The molecule has 0 saturated carbocycles. The van der Waals surface area contributed by atoms with Crippen LogP contribution in [0.4, 0.5) is 0 Å². The molecule has 176 valence electrons. The molecule has 0 bridgehead atoms. The summed E-state index contributed by atoms with van der Waals surface area (Å²) in [6, 6.07) is 0. The van der Waals surface area contributed by atoms with Crippen molar-refractivity contribution in [2.24, 2.45) is 23.7 Å². The highest BCUT2D eigenvalue weighted by molar-refractivity contribution is 7.99. The van der Waals surface area contributed by atoms with Crippen LogP contribution >= 0.6 is 35.3 Å². The van der Waals surface area contributed by atoms with E-state index >= 15 is 0 Å². The quantitative estimate of drug-likeness (QED) is 0.597.